The number of hydrogen-bond acceptors (Lipinski definition) is 6. The molecule has 2 heterocycles. The van der Waals surface area contributed by atoms with Gasteiger partial charge in [-0.3, -0.25) is 9.59 Å². The molecule has 224 valence electrons. The van der Waals surface area contributed by atoms with E-state index in [1.807, 2.05) is 58.1 Å². The topological polar surface area (TPSA) is 147 Å². The van der Waals surface area contributed by atoms with E-state index in [0.29, 0.717) is 60.2 Å². The Morgan fingerprint density at radius 2 is 1.30 bits per heavy atom. The van der Waals surface area contributed by atoms with Gasteiger partial charge in [0.2, 0.25) is 5.91 Å². The Labute approximate surface area is 257 Å². The van der Waals surface area contributed by atoms with Crippen molar-refractivity contribution in [2.45, 2.75) is 26.4 Å². The first kappa shape index (κ1) is 32.3. The van der Waals surface area contributed by atoms with Crippen molar-refractivity contribution in [3.63, 3.8) is 0 Å². The van der Waals surface area contributed by atoms with E-state index in [-0.39, 0.29) is 11.8 Å². The highest BCUT2D eigenvalue weighted by atomic mass is 16.4. The molecule has 0 aliphatic rings. The van der Waals surface area contributed by atoms with Crippen molar-refractivity contribution in [3.8, 4) is 11.1 Å². The Balaban J connectivity index is 1.58. The van der Waals surface area contributed by atoms with Crippen LogP contribution < -0.4 is 30.7 Å². The minimum Gasteiger partial charge on any atom is -0.423 e. The molecular weight excluding hydrogens is 558 g/mol. The van der Waals surface area contributed by atoms with E-state index in [1.54, 1.807) is 49.5 Å². The van der Waals surface area contributed by atoms with Gasteiger partial charge in [0.15, 0.2) is 37.9 Å². The summed E-state index contributed by atoms with van der Waals surface area (Å²) < 4.78 is 3.75. The van der Waals surface area contributed by atoms with Crippen molar-refractivity contribution in [1.29, 1.82) is 0 Å². The fraction of sp³-hybridized carbons (Fsp3) is 0.188. The maximum absolute atomic E-state index is 13.2. The largest absolute Gasteiger partial charge is 0.488 e. The molecule has 0 aliphatic heterocycles. The van der Waals surface area contributed by atoms with Crippen molar-refractivity contribution in [3.05, 3.63) is 120 Å². The lowest BCUT2D eigenvalue weighted by molar-refractivity contribution is -0.688. The molecule has 4 rings (SSSR count). The molecule has 44 heavy (non-hydrogen) atoms. The average Bonchev–Trinajstić information content (AvgIpc) is 3.01. The van der Waals surface area contributed by atoms with E-state index < -0.39 is 14.2 Å². The van der Waals surface area contributed by atoms with E-state index in [1.165, 1.54) is 0 Å². The number of hydrogen-bond donors (Lipinski definition) is 6. The second-order valence-electron chi connectivity index (χ2n) is 10.5. The summed E-state index contributed by atoms with van der Waals surface area (Å²) in [6.45, 7) is 6.73. The molecule has 0 aliphatic carbocycles. The minimum atomic E-state index is -1.63. The predicted octanol–water partition coefficient (Wildman–Crippen LogP) is -0.803. The third-order valence-electron chi connectivity index (χ3n) is 7.09. The van der Waals surface area contributed by atoms with Gasteiger partial charge in [-0.2, -0.15) is 4.57 Å². The van der Waals surface area contributed by atoms with Crippen molar-refractivity contribution in [1.82, 2.24) is 10.6 Å². The zero-order chi connectivity index (χ0) is 31.6. The van der Waals surface area contributed by atoms with Gasteiger partial charge in [-0.05, 0) is 35.9 Å². The van der Waals surface area contributed by atoms with Crippen LogP contribution in [0, 0.1) is 0 Å². The Kier molecular flexibility index (Phi) is 11.2. The summed E-state index contributed by atoms with van der Waals surface area (Å²) in [5.41, 5.74) is 4.74. The van der Waals surface area contributed by atoms with E-state index in [4.69, 9.17) is 0 Å². The predicted molar refractivity (Wildman–Crippen MR) is 168 cm³/mol. The summed E-state index contributed by atoms with van der Waals surface area (Å²) in [6.07, 6.45) is 7.90. The van der Waals surface area contributed by atoms with Gasteiger partial charge in [-0.15, -0.1) is 0 Å². The number of benzene rings is 2. The molecular formula is C32H36B2N4O6+2. The van der Waals surface area contributed by atoms with Crippen LogP contribution in [0.5, 0.6) is 0 Å². The summed E-state index contributed by atoms with van der Waals surface area (Å²) in [7, 11) is -3.20. The van der Waals surface area contributed by atoms with Crippen LogP contribution >= 0.6 is 0 Å². The maximum Gasteiger partial charge on any atom is 0.488 e. The van der Waals surface area contributed by atoms with E-state index in [0.717, 1.165) is 16.7 Å². The minimum absolute atomic E-state index is 0.224. The SMILES string of the molecule is C=C(C)C(=O)NCCCNC(=O)c1cc(-c2cc[n+](Cc3ccccc3B(O)O)cc2)c[n+](Cc2ccccc2B(O)O)c1. The van der Waals surface area contributed by atoms with Gasteiger partial charge in [-0.25, -0.2) is 4.57 Å². The second kappa shape index (κ2) is 15.2. The zero-order valence-corrected chi connectivity index (χ0v) is 24.6. The Morgan fingerprint density at radius 1 is 0.750 bits per heavy atom. The summed E-state index contributed by atoms with van der Waals surface area (Å²) in [6, 6.07) is 19.7. The first-order chi connectivity index (χ1) is 21.1. The highest BCUT2D eigenvalue weighted by Crippen LogP contribution is 2.18. The summed E-state index contributed by atoms with van der Waals surface area (Å²) in [5, 5.41) is 44.8. The van der Waals surface area contributed by atoms with Crippen LogP contribution in [-0.4, -0.2) is 59.2 Å². The van der Waals surface area contributed by atoms with Gasteiger partial charge in [0, 0.05) is 47.5 Å². The van der Waals surface area contributed by atoms with Crippen LogP contribution in [0.2, 0.25) is 0 Å². The molecule has 0 saturated heterocycles. The van der Waals surface area contributed by atoms with Gasteiger partial charge in [0.1, 0.15) is 5.56 Å². The molecule has 6 N–H and O–H groups in total. The number of nitrogens with one attached hydrogen (secondary N) is 2. The Bertz CT molecular complexity index is 1630. The lowest BCUT2D eigenvalue weighted by Crippen LogP contribution is -2.41. The average molecular weight is 594 g/mol. The Morgan fingerprint density at radius 3 is 1.86 bits per heavy atom. The number of rotatable bonds is 13. The second-order valence-corrected chi connectivity index (χ2v) is 10.5. The molecule has 0 unspecified atom stereocenters. The van der Waals surface area contributed by atoms with Gasteiger partial charge in [0.05, 0.1) is 0 Å². The smallest absolute Gasteiger partial charge is 0.423 e. The van der Waals surface area contributed by atoms with Gasteiger partial charge in [0.25, 0.3) is 5.91 Å². The monoisotopic (exact) mass is 594 g/mol. The van der Waals surface area contributed by atoms with Gasteiger partial charge in [-0.1, -0.05) is 55.1 Å². The number of carbonyl (C=O) groups is 2. The molecule has 2 aromatic carbocycles. The molecule has 0 bridgehead atoms. The Hall–Kier alpha value is -4.61. The fourth-order valence-electron chi connectivity index (χ4n) is 4.76. The number of aromatic nitrogens is 2. The van der Waals surface area contributed by atoms with Crippen LogP contribution in [0.3, 0.4) is 0 Å². The van der Waals surface area contributed by atoms with Crippen molar-refractivity contribution in [2.24, 2.45) is 0 Å². The highest BCUT2D eigenvalue weighted by molar-refractivity contribution is 6.59. The standard InChI is InChI=1S/C32H34B2N4O6/c1-23(2)31(39)35-14-7-15-36-32(40)28-18-27(21-38(22-28)20-26-9-4-6-11-30(26)34(43)44)24-12-16-37(17-13-24)19-25-8-3-5-10-29(25)33(41)42/h3-6,8-13,16-18,21-22,41-44H,1,7,14-15,19-20H2,2H3/p+2. The highest BCUT2D eigenvalue weighted by Gasteiger charge is 2.21. The van der Waals surface area contributed by atoms with E-state index in [9.17, 15) is 29.7 Å². The first-order valence-corrected chi connectivity index (χ1v) is 14.3. The third-order valence-corrected chi connectivity index (χ3v) is 7.09. The van der Waals surface area contributed by atoms with Crippen LogP contribution in [0.4, 0.5) is 0 Å². The zero-order valence-electron chi connectivity index (χ0n) is 24.6. The molecule has 0 saturated carbocycles. The van der Waals surface area contributed by atoms with Crippen molar-refractivity contribution >= 4 is 37.0 Å². The quantitative estimate of drug-likeness (QED) is 0.0518. The number of carbonyl (C=O) groups excluding carboxylic acids is 2. The molecule has 10 nitrogen and oxygen atoms in total. The van der Waals surface area contributed by atoms with Crippen LogP contribution in [0.15, 0.2) is 104 Å². The molecule has 0 radical (unpaired) electrons. The lowest BCUT2D eigenvalue weighted by atomic mass is 9.77. The van der Waals surface area contributed by atoms with E-state index in [2.05, 4.69) is 17.2 Å². The molecule has 12 heteroatoms. The van der Waals surface area contributed by atoms with Gasteiger partial charge < -0.3 is 30.7 Å². The normalized spacial score (nSPS) is 10.7. The molecule has 2 amide bonds. The molecule has 4 aromatic rings. The number of amides is 2. The van der Waals surface area contributed by atoms with Gasteiger partial charge >= 0.3 is 14.2 Å². The molecule has 2 aromatic heterocycles. The van der Waals surface area contributed by atoms with Crippen LogP contribution in [0.1, 0.15) is 34.8 Å². The summed E-state index contributed by atoms with van der Waals surface area (Å²) in [5.74, 6) is -0.509. The summed E-state index contributed by atoms with van der Waals surface area (Å²) >= 11 is 0. The number of nitrogens with zero attached hydrogens (tertiary/aromatic N) is 2. The molecule has 0 fully saturated rings. The van der Waals surface area contributed by atoms with Crippen LogP contribution in [-0.2, 0) is 17.9 Å². The molecule has 0 atom stereocenters. The fourth-order valence-corrected chi connectivity index (χ4v) is 4.76. The van der Waals surface area contributed by atoms with Crippen molar-refractivity contribution in [2.75, 3.05) is 13.1 Å². The third kappa shape index (κ3) is 8.71. The van der Waals surface area contributed by atoms with Crippen molar-refractivity contribution < 1.29 is 38.8 Å². The van der Waals surface area contributed by atoms with E-state index >= 15 is 0 Å². The summed E-state index contributed by atoms with van der Waals surface area (Å²) in [4.78, 5) is 24.9. The lowest BCUT2D eigenvalue weighted by Gasteiger charge is -2.10. The first-order valence-electron chi connectivity index (χ1n) is 14.3. The van der Waals surface area contributed by atoms with Crippen LogP contribution in [0.25, 0.3) is 11.1 Å². The number of pyridine rings is 2. The molecule has 0 spiro atoms. The maximum atomic E-state index is 13.2.